The number of amides is 1. The number of carbonyl (C=O) groups excluding carboxylic acids is 1. The van der Waals surface area contributed by atoms with Crippen LogP contribution >= 0.6 is 0 Å². The third kappa shape index (κ3) is 6.38. The maximum Gasteiger partial charge on any atom is 0.253 e. The third-order valence-electron chi connectivity index (χ3n) is 5.04. The zero-order chi connectivity index (χ0) is 19.4. The van der Waals surface area contributed by atoms with Gasteiger partial charge in [0.2, 0.25) is 0 Å². The first-order chi connectivity index (χ1) is 12.1. The molecule has 1 amide bonds. The average Bonchev–Trinajstić information content (AvgIpc) is 2.73. The summed E-state index contributed by atoms with van der Waals surface area (Å²) in [5.41, 5.74) is 0.429. The van der Waals surface area contributed by atoms with E-state index in [1.165, 1.54) is 0 Å². The number of rotatable bonds is 6. The maximum absolute atomic E-state index is 12.8. The van der Waals surface area contributed by atoms with E-state index in [4.69, 9.17) is 0 Å². The Morgan fingerprint density at radius 3 is 2.42 bits per heavy atom. The van der Waals surface area contributed by atoms with Crippen LogP contribution in [0.15, 0.2) is 24.3 Å². The van der Waals surface area contributed by atoms with Crippen LogP contribution in [0.25, 0.3) is 0 Å². The van der Waals surface area contributed by atoms with Crippen LogP contribution in [0.3, 0.4) is 0 Å². The quantitative estimate of drug-likeness (QED) is 0.815. The van der Waals surface area contributed by atoms with Gasteiger partial charge in [-0.25, -0.2) is 0 Å². The fourth-order valence-corrected chi connectivity index (χ4v) is 3.58. The molecule has 0 bridgehead atoms. The Morgan fingerprint density at radius 1 is 1.19 bits per heavy atom. The lowest BCUT2D eigenvalue weighted by atomic mass is 9.94. The summed E-state index contributed by atoms with van der Waals surface area (Å²) in [6.07, 6.45) is 3.64. The highest BCUT2D eigenvalue weighted by Crippen LogP contribution is 2.24. The van der Waals surface area contributed by atoms with E-state index in [0.717, 1.165) is 24.8 Å². The van der Waals surface area contributed by atoms with Crippen molar-refractivity contribution in [3.63, 3.8) is 0 Å². The predicted octanol–water partition coefficient (Wildman–Crippen LogP) is 2.31. The van der Waals surface area contributed by atoms with Gasteiger partial charge in [0.25, 0.3) is 5.91 Å². The molecule has 0 aliphatic carbocycles. The van der Waals surface area contributed by atoms with E-state index in [9.17, 15) is 15.0 Å². The van der Waals surface area contributed by atoms with E-state index in [1.54, 1.807) is 0 Å². The van der Waals surface area contributed by atoms with Crippen molar-refractivity contribution in [3.05, 3.63) is 35.4 Å². The first kappa shape index (κ1) is 20.9. The second-order valence-electron chi connectivity index (χ2n) is 8.62. The highest BCUT2D eigenvalue weighted by Gasteiger charge is 2.32. The molecule has 0 unspecified atom stereocenters. The minimum absolute atomic E-state index is 0.0353. The summed E-state index contributed by atoms with van der Waals surface area (Å²) in [4.78, 5) is 16.7. The van der Waals surface area contributed by atoms with Gasteiger partial charge in [0, 0.05) is 25.2 Å². The van der Waals surface area contributed by atoms with E-state index in [0.29, 0.717) is 38.0 Å². The van der Waals surface area contributed by atoms with E-state index < -0.39 is 11.2 Å². The van der Waals surface area contributed by atoms with Crippen molar-refractivity contribution in [2.24, 2.45) is 0 Å². The van der Waals surface area contributed by atoms with Crippen molar-refractivity contribution in [1.29, 1.82) is 0 Å². The molecule has 1 fully saturated rings. The third-order valence-corrected chi connectivity index (χ3v) is 5.04. The van der Waals surface area contributed by atoms with Gasteiger partial charge in [0.05, 0.1) is 11.2 Å². The lowest BCUT2D eigenvalue weighted by Gasteiger charge is -2.30. The summed E-state index contributed by atoms with van der Waals surface area (Å²) in [5, 5.41) is 20.6. The normalized spacial score (nSPS) is 21.7. The van der Waals surface area contributed by atoms with Crippen LogP contribution in [0, 0.1) is 0 Å². The highest BCUT2D eigenvalue weighted by molar-refractivity contribution is 5.94. The van der Waals surface area contributed by atoms with Gasteiger partial charge in [-0.1, -0.05) is 12.1 Å². The van der Waals surface area contributed by atoms with Gasteiger partial charge in [-0.2, -0.15) is 0 Å². The molecule has 1 aliphatic heterocycles. The molecule has 1 aromatic rings. The molecule has 1 heterocycles. The number of carbonyl (C=O) groups is 1. The second kappa shape index (κ2) is 8.51. The molecule has 5 nitrogen and oxygen atoms in total. The van der Waals surface area contributed by atoms with Crippen molar-refractivity contribution >= 4 is 5.91 Å². The zero-order valence-electron chi connectivity index (χ0n) is 16.7. The number of nitrogens with zero attached hydrogens (tertiary/aromatic N) is 2. The lowest BCUT2D eigenvalue weighted by Crippen LogP contribution is -2.41. The van der Waals surface area contributed by atoms with Crippen LogP contribution in [0.1, 0.15) is 55.5 Å². The van der Waals surface area contributed by atoms with Crippen LogP contribution in [0.4, 0.5) is 0 Å². The molecule has 26 heavy (non-hydrogen) atoms. The summed E-state index contributed by atoms with van der Waals surface area (Å²) in [5.74, 6) is 0.0353. The van der Waals surface area contributed by atoms with Gasteiger partial charge in [-0.05, 0) is 77.7 Å². The number of hydrogen-bond acceptors (Lipinski definition) is 4. The van der Waals surface area contributed by atoms with Crippen molar-refractivity contribution in [2.75, 3.05) is 33.7 Å². The van der Waals surface area contributed by atoms with Crippen molar-refractivity contribution in [2.45, 2.75) is 57.2 Å². The molecule has 0 radical (unpaired) electrons. The van der Waals surface area contributed by atoms with Crippen LogP contribution in [0.5, 0.6) is 0 Å². The Kier molecular flexibility index (Phi) is 6.83. The number of aryl methyl sites for hydroxylation is 1. The Morgan fingerprint density at radius 2 is 1.85 bits per heavy atom. The Hall–Kier alpha value is -1.43. The second-order valence-corrected chi connectivity index (χ2v) is 8.62. The van der Waals surface area contributed by atoms with Gasteiger partial charge in [0.15, 0.2) is 0 Å². The van der Waals surface area contributed by atoms with Crippen LogP contribution < -0.4 is 0 Å². The number of aliphatic hydroxyl groups is 2. The van der Waals surface area contributed by atoms with Crippen LogP contribution in [-0.2, 0) is 6.42 Å². The smallest absolute Gasteiger partial charge is 0.253 e. The minimum Gasteiger partial charge on any atom is -0.390 e. The maximum atomic E-state index is 12.8. The minimum atomic E-state index is -0.709. The number of hydrogen-bond donors (Lipinski definition) is 2. The molecule has 0 saturated carbocycles. The van der Waals surface area contributed by atoms with E-state index >= 15 is 0 Å². The molecule has 1 aromatic carbocycles. The lowest BCUT2D eigenvalue weighted by molar-refractivity contribution is 0.00304. The predicted molar refractivity (Wildman–Crippen MR) is 104 cm³/mol. The molecule has 0 spiro atoms. The molecular formula is C21H34N2O3. The molecular weight excluding hydrogens is 328 g/mol. The average molecular weight is 363 g/mol. The molecule has 2 rings (SSSR count). The standard InChI is InChI=1S/C21H34N2O3/c1-20(2,25)12-10-17-6-8-18(9-7-17)19(24)23-14-5-11-21(26,13-15-23)16-22(3)4/h6-9,25-26H,5,10-16H2,1-4H3/t21-/m1/s1. The first-order valence-corrected chi connectivity index (χ1v) is 9.56. The van der Waals surface area contributed by atoms with Gasteiger partial charge in [-0.3, -0.25) is 4.79 Å². The van der Waals surface area contributed by atoms with E-state index in [2.05, 4.69) is 0 Å². The van der Waals surface area contributed by atoms with E-state index in [1.807, 2.05) is 62.0 Å². The monoisotopic (exact) mass is 362 g/mol. The number of benzene rings is 1. The Balaban J connectivity index is 1.96. The van der Waals surface area contributed by atoms with Crippen molar-refractivity contribution in [1.82, 2.24) is 9.80 Å². The molecule has 0 aromatic heterocycles. The van der Waals surface area contributed by atoms with Gasteiger partial charge >= 0.3 is 0 Å². The molecule has 1 aliphatic rings. The molecule has 5 heteroatoms. The summed E-state index contributed by atoms with van der Waals surface area (Å²) in [7, 11) is 3.93. The molecule has 2 N–H and O–H groups in total. The summed E-state index contributed by atoms with van der Waals surface area (Å²) >= 11 is 0. The largest absolute Gasteiger partial charge is 0.390 e. The van der Waals surface area contributed by atoms with Crippen molar-refractivity contribution < 1.29 is 15.0 Å². The molecule has 1 atom stereocenters. The topological polar surface area (TPSA) is 64.0 Å². The molecule has 146 valence electrons. The summed E-state index contributed by atoms with van der Waals surface area (Å²) < 4.78 is 0. The SMILES string of the molecule is CN(C)C[C@@]1(O)CCCN(C(=O)c2ccc(CCC(C)(C)O)cc2)CC1. The van der Waals surface area contributed by atoms with Gasteiger partial charge in [0.1, 0.15) is 0 Å². The molecule has 1 saturated heterocycles. The summed E-state index contributed by atoms with van der Waals surface area (Å²) in [6, 6.07) is 7.69. The van der Waals surface area contributed by atoms with E-state index in [-0.39, 0.29) is 5.91 Å². The first-order valence-electron chi connectivity index (χ1n) is 9.56. The highest BCUT2D eigenvalue weighted by atomic mass is 16.3. The van der Waals surface area contributed by atoms with Crippen molar-refractivity contribution in [3.8, 4) is 0 Å². The fraction of sp³-hybridized carbons (Fsp3) is 0.667. The summed E-state index contributed by atoms with van der Waals surface area (Å²) in [6.45, 7) is 5.52. The van der Waals surface area contributed by atoms with Gasteiger partial charge < -0.3 is 20.0 Å². The Bertz CT molecular complexity index is 592. The fourth-order valence-electron chi connectivity index (χ4n) is 3.58. The van der Waals surface area contributed by atoms with Crippen LogP contribution in [0.2, 0.25) is 0 Å². The zero-order valence-corrected chi connectivity index (χ0v) is 16.7. The number of likely N-dealkylation sites (N-methyl/N-ethyl adjacent to an activating group) is 1. The van der Waals surface area contributed by atoms with Gasteiger partial charge in [-0.15, -0.1) is 0 Å². The Labute approximate surface area is 157 Å². The van der Waals surface area contributed by atoms with Crippen LogP contribution in [-0.4, -0.2) is 70.9 Å². The number of likely N-dealkylation sites (tertiary alicyclic amines) is 1.